The smallest absolute Gasteiger partial charge is 0.308 e. The molecule has 1 saturated heterocycles. The summed E-state index contributed by atoms with van der Waals surface area (Å²) in [7, 11) is 0. The Labute approximate surface area is 96.2 Å². The standard InChI is InChI=1S/C12H20O4/c1-2-14-11(13)8-10-9-15-12(16-10)6-4-3-5-7-12/h10H,2-9H2,1H3. The minimum Gasteiger partial charge on any atom is -0.466 e. The van der Waals surface area contributed by atoms with Crippen LogP contribution in [0.1, 0.15) is 45.4 Å². The largest absolute Gasteiger partial charge is 0.466 e. The summed E-state index contributed by atoms with van der Waals surface area (Å²) in [6.07, 6.45) is 5.71. The topological polar surface area (TPSA) is 44.8 Å². The highest BCUT2D eigenvalue weighted by Crippen LogP contribution is 2.38. The van der Waals surface area contributed by atoms with Crippen molar-refractivity contribution in [1.29, 1.82) is 0 Å². The van der Waals surface area contributed by atoms with Crippen molar-refractivity contribution in [1.82, 2.24) is 0 Å². The third kappa shape index (κ3) is 2.74. The van der Waals surface area contributed by atoms with Crippen LogP contribution in [-0.2, 0) is 19.0 Å². The van der Waals surface area contributed by atoms with Gasteiger partial charge in [-0.2, -0.15) is 0 Å². The predicted octanol–water partition coefficient (Wildman–Crippen LogP) is 2.02. The van der Waals surface area contributed by atoms with Gasteiger partial charge in [-0.1, -0.05) is 6.42 Å². The Kier molecular flexibility index (Phi) is 3.82. The van der Waals surface area contributed by atoms with E-state index in [1.165, 1.54) is 6.42 Å². The number of carbonyl (C=O) groups is 1. The zero-order valence-corrected chi connectivity index (χ0v) is 9.87. The first-order chi connectivity index (χ1) is 7.74. The van der Waals surface area contributed by atoms with Crippen LogP contribution in [0.4, 0.5) is 0 Å². The lowest BCUT2D eigenvalue weighted by Crippen LogP contribution is -2.33. The number of rotatable bonds is 3. The van der Waals surface area contributed by atoms with Gasteiger partial charge in [0.15, 0.2) is 5.79 Å². The second-order valence-electron chi connectivity index (χ2n) is 4.53. The van der Waals surface area contributed by atoms with E-state index in [1.807, 2.05) is 6.92 Å². The Balaban J connectivity index is 1.80. The van der Waals surface area contributed by atoms with E-state index in [0.717, 1.165) is 25.7 Å². The molecule has 0 N–H and O–H groups in total. The molecular weight excluding hydrogens is 208 g/mol. The molecular formula is C12H20O4. The lowest BCUT2D eigenvalue weighted by Gasteiger charge is -2.31. The number of hydrogen-bond acceptors (Lipinski definition) is 4. The zero-order chi connectivity index (χ0) is 11.4. The summed E-state index contributed by atoms with van der Waals surface area (Å²) in [6.45, 7) is 2.77. The minimum absolute atomic E-state index is 0.114. The van der Waals surface area contributed by atoms with E-state index in [9.17, 15) is 4.79 Å². The van der Waals surface area contributed by atoms with E-state index in [0.29, 0.717) is 19.6 Å². The van der Waals surface area contributed by atoms with Crippen LogP contribution in [0, 0.1) is 0 Å². The van der Waals surface area contributed by atoms with Gasteiger partial charge in [-0.15, -0.1) is 0 Å². The number of carbonyl (C=O) groups excluding carboxylic acids is 1. The Bertz CT molecular complexity index is 245. The Morgan fingerprint density at radius 1 is 1.38 bits per heavy atom. The van der Waals surface area contributed by atoms with Crippen LogP contribution in [0.2, 0.25) is 0 Å². The molecule has 1 heterocycles. The molecule has 4 heteroatoms. The monoisotopic (exact) mass is 228 g/mol. The average molecular weight is 228 g/mol. The lowest BCUT2D eigenvalue weighted by atomic mass is 9.94. The van der Waals surface area contributed by atoms with Crippen molar-refractivity contribution in [3.8, 4) is 0 Å². The molecule has 0 amide bonds. The van der Waals surface area contributed by atoms with Crippen molar-refractivity contribution < 1.29 is 19.0 Å². The van der Waals surface area contributed by atoms with Crippen LogP contribution in [0.15, 0.2) is 0 Å². The van der Waals surface area contributed by atoms with Gasteiger partial charge in [0.25, 0.3) is 0 Å². The van der Waals surface area contributed by atoms with Crippen LogP contribution < -0.4 is 0 Å². The van der Waals surface area contributed by atoms with E-state index < -0.39 is 0 Å². The number of esters is 1. The van der Waals surface area contributed by atoms with Gasteiger partial charge in [0.2, 0.25) is 0 Å². The van der Waals surface area contributed by atoms with Crippen molar-refractivity contribution in [2.75, 3.05) is 13.2 Å². The molecule has 0 radical (unpaired) electrons. The average Bonchev–Trinajstić information content (AvgIpc) is 2.63. The summed E-state index contributed by atoms with van der Waals surface area (Å²) < 4.78 is 16.5. The van der Waals surface area contributed by atoms with Crippen LogP contribution in [0.25, 0.3) is 0 Å². The summed E-state index contributed by atoms with van der Waals surface area (Å²) >= 11 is 0. The SMILES string of the molecule is CCOC(=O)CC1COC2(CCCCC2)O1. The number of hydrogen-bond donors (Lipinski definition) is 0. The first-order valence-electron chi connectivity index (χ1n) is 6.21. The predicted molar refractivity (Wildman–Crippen MR) is 57.9 cm³/mol. The number of ether oxygens (including phenoxy) is 3. The zero-order valence-electron chi connectivity index (χ0n) is 9.87. The summed E-state index contributed by atoms with van der Waals surface area (Å²) in [6, 6.07) is 0. The van der Waals surface area contributed by atoms with Crippen LogP contribution in [-0.4, -0.2) is 31.1 Å². The molecule has 1 unspecified atom stereocenters. The van der Waals surface area contributed by atoms with Gasteiger partial charge in [0, 0.05) is 12.8 Å². The van der Waals surface area contributed by atoms with E-state index >= 15 is 0 Å². The molecule has 2 rings (SSSR count). The highest BCUT2D eigenvalue weighted by Gasteiger charge is 2.42. The molecule has 0 aromatic heterocycles. The molecule has 1 spiro atoms. The lowest BCUT2D eigenvalue weighted by molar-refractivity contribution is -0.189. The van der Waals surface area contributed by atoms with Gasteiger partial charge in [-0.05, 0) is 19.8 Å². The van der Waals surface area contributed by atoms with Crippen molar-refractivity contribution in [2.45, 2.75) is 57.3 Å². The van der Waals surface area contributed by atoms with E-state index in [4.69, 9.17) is 14.2 Å². The maximum Gasteiger partial charge on any atom is 0.308 e. The molecule has 4 nitrogen and oxygen atoms in total. The fourth-order valence-corrected chi connectivity index (χ4v) is 2.48. The maximum atomic E-state index is 11.3. The summed E-state index contributed by atoms with van der Waals surface area (Å²) in [5, 5.41) is 0. The molecule has 1 aliphatic heterocycles. The normalized spacial score (nSPS) is 28.2. The molecule has 2 aliphatic rings. The van der Waals surface area contributed by atoms with Gasteiger partial charge < -0.3 is 14.2 Å². The first-order valence-corrected chi connectivity index (χ1v) is 6.21. The molecule has 16 heavy (non-hydrogen) atoms. The molecule has 0 bridgehead atoms. The molecule has 2 fully saturated rings. The van der Waals surface area contributed by atoms with E-state index in [2.05, 4.69) is 0 Å². The Morgan fingerprint density at radius 2 is 2.12 bits per heavy atom. The highest BCUT2D eigenvalue weighted by molar-refractivity contribution is 5.70. The molecule has 0 aromatic rings. The molecule has 0 aromatic carbocycles. The van der Waals surface area contributed by atoms with Gasteiger partial charge in [-0.3, -0.25) is 4.79 Å². The van der Waals surface area contributed by atoms with Crippen molar-refractivity contribution >= 4 is 5.97 Å². The van der Waals surface area contributed by atoms with Crippen molar-refractivity contribution in [2.24, 2.45) is 0 Å². The second kappa shape index (κ2) is 5.15. The minimum atomic E-state index is -0.380. The second-order valence-corrected chi connectivity index (χ2v) is 4.53. The van der Waals surface area contributed by atoms with Gasteiger partial charge in [0.05, 0.1) is 25.7 Å². The van der Waals surface area contributed by atoms with Gasteiger partial charge in [0.1, 0.15) is 0 Å². The molecule has 92 valence electrons. The van der Waals surface area contributed by atoms with Crippen molar-refractivity contribution in [3.05, 3.63) is 0 Å². The third-order valence-electron chi connectivity index (χ3n) is 3.23. The van der Waals surface area contributed by atoms with E-state index in [-0.39, 0.29) is 17.9 Å². The summed E-state index contributed by atoms with van der Waals surface area (Å²) in [4.78, 5) is 11.3. The van der Waals surface area contributed by atoms with E-state index in [1.54, 1.807) is 0 Å². The first kappa shape index (κ1) is 11.9. The fraction of sp³-hybridized carbons (Fsp3) is 0.917. The van der Waals surface area contributed by atoms with Crippen molar-refractivity contribution in [3.63, 3.8) is 0 Å². The summed E-state index contributed by atoms with van der Waals surface area (Å²) in [5.41, 5.74) is 0. The van der Waals surface area contributed by atoms with Crippen LogP contribution in [0.5, 0.6) is 0 Å². The Morgan fingerprint density at radius 3 is 2.81 bits per heavy atom. The Hall–Kier alpha value is -0.610. The molecule has 1 atom stereocenters. The van der Waals surface area contributed by atoms with Gasteiger partial charge in [-0.25, -0.2) is 0 Å². The fourth-order valence-electron chi connectivity index (χ4n) is 2.48. The maximum absolute atomic E-state index is 11.3. The third-order valence-corrected chi connectivity index (χ3v) is 3.23. The molecule has 1 saturated carbocycles. The highest BCUT2D eigenvalue weighted by atomic mass is 16.7. The van der Waals surface area contributed by atoms with Gasteiger partial charge >= 0.3 is 5.97 Å². The quantitative estimate of drug-likeness (QED) is 0.693. The van der Waals surface area contributed by atoms with Crippen LogP contribution in [0.3, 0.4) is 0 Å². The van der Waals surface area contributed by atoms with Crippen LogP contribution >= 0.6 is 0 Å². The molecule has 1 aliphatic carbocycles. The summed E-state index contributed by atoms with van der Waals surface area (Å²) in [5.74, 6) is -0.570.